The highest BCUT2D eigenvalue weighted by molar-refractivity contribution is 6.39. The molecule has 2 rings (SSSR count). The third-order valence-electron chi connectivity index (χ3n) is 3.09. The van der Waals surface area contributed by atoms with Gasteiger partial charge in [-0.3, -0.25) is 9.59 Å². The number of rotatable bonds is 5. The molecule has 0 bridgehead atoms. The maximum absolute atomic E-state index is 11.4. The molecule has 0 heterocycles. The Balaban J connectivity index is 1.67. The van der Waals surface area contributed by atoms with Gasteiger partial charge in [0.25, 0.3) is 0 Å². The number of Topliss-reactive ketones (excluding diaryl/α,β-unsaturated/α-hetero) is 2. The summed E-state index contributed by atoms with van der Waals surface area (Å²) in [5.74, 6) is -0.510. The van der Waals surface area contributed by atoms with Crippen LogP contribution in [0, 0.1) is 5.92 Å². The maximum atomic E-state index is 11.4. The summed E-state index contributed by atoms with van der Waals surface area (Å²) in [6.45, 7) is 1.11. The van der Waals surface area contributed by atoms with Gasteiger partial charge in [0.1, 0.15) is 0 Å². The molecule has 1 atom stereocenters. The van der Waals surface area contributed by atoms with Gasteiger partial charge in [-0.2, -0.15) is 0 Å². The second-order valence-corrected chi connectivity index (χ2v) is 4.35. The van der Waals surface area contributed by atoms with Crippen LogP contribution in [0.3, 0.4) is 0 Å². The van der Waals surface area contributed by atoms with Crippen LogP contribution in [-0.4, -0.2) is 18.2 Å². The molecule has 17 heavy (non-hydrogen) atoms. The summed E-state index contributed by atoms with van der Waals surface area (Å²) in [4.78, 5) is 22.4. The lowest BCUT2D eigenvalue weighted by atomic mass is 10.0. The fourth-order valence-electron chi connectivity index (χ4n) is 2.05. The van der Waals surface area contributed by atoms with E-state index in [0.717, 1.165) is 5.56 Å². The molecule has 0 aliphatic heterocycles. The van der Waals surface area contributed by atoms with Crippen LogP contribution in [0.4, 0.5) is 0 Å². The van der Waals surface area contributed by atoms with Crippen molar-refractivity contribution in [3.8, 4) is 0 Å². The third-order valence-corrected chi connectivity index (χ3v) is 3.09. The molecule has 1 aromatic carbocycles. The maximum Gasteiger partial charge on any atom is 0.201 e. The number of benzene rings is 1. The Kier molecular flexibility index (Phi) is 4.04. The summed E-state index contributed by atoms with van der Waals surface area (Å²) < 4.78 is 5.50. The third kappa shape index (κ3) is 3.24. The first-order chi connectivity index (χ1) is 8.27. The van der Waals surface area contributed by atoms with Gasteiger partial charge < -0.3 is 4.74 Å². The molecule has 0 N–H and O–H groups in total. The highest BCUT2D eigenvalue weighted by Crippen LogP contribution is 2.21. The van der Waals surface area contributed by atoms with Crippen molar-refractivity contribution in [2.75, 3.05) is 6.61 Å². The van der Waals surface area contributed by atoms with Gasteiger partial charge in [-0.1, -0.05) is 30.3 Å². The lowest BCUT2D eigenvalue weighted by molar-refractivity contribution is -0.136. The minimum atomic E-state index is -0.210. The largest absolute Gasteiger partial charge is 0.377 e. The Morgan fingerprint density at radius 2 is 1.94 bits per heavy atom. The monoisotopic (exact) mass is 232 g/mol. The Hall–Kier alpha value is -1.48. The molecule has 1 aromatic rings. The lowest BCUT2D eigenvalue weighted by Gasteiger charge is -2.07. The predicted octanol–water partition coefficient (Wildman–Crippen LogP) is 2.14. The first kappa shape index (κ1) is 12.0. The molecule has 0 spiro atoms. The molecule has 1 unspecified atom stereocenters. The van der Waals surface area contributed by atoms with Gasteiger partial charge in [0.2, 0.25) is 5.78 Å². The number of ketones is 2. The van der Waals surface area contributed by atoms with E-state index in [9.17, 15) is 9.59 Å². The summed E-state index contributed by atoms with van der Waals surface area (Å²) in [5, 5.41) is 0. The van der Waals surface area contributed by atoms with Gasteiger partial charge in [0, 0.05) is 18.9 Å². The molecule has 3 heteroatoms. The van der Waals surface area contributed by atoms with Gasteiger partial charge in [-0.25, -0.2) is 0 Å². The van der Waals surface area contributed by atoms with Crippen molar-refractivity contribution in [1.82, 2.24) is 0 Å². The van der Waals surface area contributed by atoms with Crippen LogP contribution in [0.5, 0.6) is 0 Å². The van der Waals surface area contributed by atoms with Crippen LogP contribution >= 0.6 is 0 Å². The summed E-state index contributed by atoms with van der Waals surface area (Å²) in [6, 6.07) is 9.91. The van der Waals surface area contributed by atoms with Gasteiger partial charge in [0.15, 0.2) is 5.78 Å². The SMILES string of the molecule is O=C1CCC(CCOCc2ccccc2)C1=O. The van der Waals surface area contributed by atoms with Crippen LogP contribution in [0.1, 0.15) is 24.8 Å². The number of hydrogen-bond donors (Lipinski definition) is 0. The number of ether oxygens (including phenoxy) is 1. The Morgan fingerprint density at radius 3 is 2.59 bits per heavy atom. The van der Waals surface area contributed by atoms with E-state index in [0.29, 0.717) is 32.5 Å². The molecule has 0 aromatic heterocycles. The van der Waals surface area contributed by atoms with E-state index in [1.54, 1.807) is 0 Å². The van der Waals surface area contributed by atoms with Crippen molar-refractivity contribution in [1.29, 1.82) is 0 Å². The van der Waals surface area contributed by atoms with Crippen LogP contribution in [0.25, 0.3) is 0 Å². The Morgan fingerprint density at radius 1 is 1.18 bits per heavy atom. The molecule has 90 valence electrons. The van der Waals surface area contributed by atoms with Gasteiger partial charge in [0.05, 0.1) is 6.61 Å². The predicted molar refractivity (Wildman–Crippen MR) is 63.5 cm³/mol. The van der Waals surface area contributed by atoms with Crippen molar-refractivity contribution < 1.29 is 14.3 Å². The van der Waals surface area contributed by atoms with Crippen molar-refractivity contribution in [2.24, 2.45) is 5.92 Å². The summed E-state index contributed by atoms with van der Waals surface area (Å²) in [7, 11) is 0. The zero-order valence-electron chi connectivity index (χ0n) is 9.72. The molecule has 1 saturated carbocycles. The fourth-order valence-corrected chi connectivity index (χ4v) is 2.05. The summed E-state index contributed by atoms with van der Waals surface area (Å²) in [6.07, 6.45) is 1.78. The molecular weight excluding hydrogens is 216 g/mol. The van der Waals surface area contributed by atoms with Crippen molar-refractivity contribution in [2.45, 2.75) is 25.9 Å². The van der Waals surface area contributed by atoms with Gasteiger partial charge >= 0.3 is 0 Å². The molecule has 3 nitrogen and oxygen atoms in total. The fraction of sp³-hybridized carbons (Fsp3) is 0.429. The zero-order chi connectivity index (χ0) is 12.1. The van der Waals surface area contributed by atoms with E-state index in [2.05, 4.69) is 0 Å². The van der Waals surface area contributed by atoms with Crippen molar-refractivity contribution in [3.63, 3.8) is 0 Å². The van der Waals surface area contributed by atoms with E-state index < -0.39 is 0 Å². The number of hydrogen-bond acceptors (Lipinski definition) is 3. The van der Waals surface area contributed by atoms with E-state index >= 15 is 0 Å². The summed E-state index contributed by atoms with van der Waals surface area (Å²) in [5.41, 5.74) is 1.13. The standard InChI is InChI=1S/C14H16O3/c15-13-7-6-12(14(13)16)8-9-17-10-11-4-2-1-3-5-11/h1-5,12H,6-10H2. The Bertz CT molecular complexity index is 397. The Labute approximate surface area is 101 Å². The minimum Gasteiger partial charge on any atom is -0.377 e. The van der Waals surface area contributed by atoms with E-state index in [1.165, 1.54) is 0 Å². The lowest BCUT2D eigenvalue weighted by Crippen LogP contribution is -2.15. The molecule has 1 aliphatic carbocycles. The number of carbonyl (C=O) groups is 2. The first-order valence-electron chi connectivity index (χ1n) is 5.96. The van der Waals surface area contributed by atoms with E-state index in [-0.39, 0.29) is 17.5 Å². The van der Waals surface area contributed by atoms with Crippen molar-refractivity contribution in [3.05, 3.63) is 35.9 Å². The normalized spacial score (nSPS) is 19.9. The molecule has 0 radical (unpaired) electrons. The van der Waals surface area contributed by atoms with E-state index in [4.69, 9.17) is 4.74 Å². The average molecular weight is 232 g/mol. The van der Waals surface area contributed by atoms with Crippen LogP contribution in [-0.2, 0) is 20.9 Å². The first-order valence-corrected chi connectivity index (χ1v) is 5.96. The summed E-state index contributed by atoms with van der Waals surface area (Å²) >= 11 is 0. The van der Waals surface area contributed by atoms with E-state index in [1.807, 2.05) is 30.3 Å². The topological polar surface area (TPSA) is 43.4 Å². The molecule has 0 amide bonds. The second-order valence-electron chi connectivity index (χ2n) is 4.35. The second kappa shape index (κ2) is 5.73. The quantitative estimate of drug-likeness (QED) is 0.577. The molecule has 0 saturated heterocycles. The highest BCUT2D eigenvalue weighted by atomic mass is 16.5. The van der Waals surface area contributed by atoms with Gasteiger partial charge in [-0.05, 0) is 18.4 Å². The molecule has 1 fully saturated rings. The highest BCUT2D eigenvalue weighted by Gasteiger charge is 2.31. The van der Waals surface area contributed by atoms with Crippen LogP contribution in [0.2, 0.25) is 0 Å². The molecule has 1 aliphatic rings. The van der Waals surface area contributed by atoms with Gasteiger partial charge in [-0.15, -0.1) is 0 Å². The van der Waals surface area contributed by atoms with Crippen molar-refractivity contribution >= 4 is 11.6 Å². The smallest absolute Gasteiger partial charge is 0.201 e. The average Bonchev–Trinajstić information content (AvgIpc) is 2.67. The number of carbonyl (C=O) groups excluding carboxylic acids is 2. The minimum absolute atomic E-state index is 0.0988. The van der Waals surface area contributed by atoms with Crippen LogP contribution in [0.15, 0.2) is 30.3 Å². The van der Waals surface area contributed by atoms with Crippen LogP contribution < -0.4 is 0 Å². The zero-order valence-corrected chi connectivity index (χ0v) is 9.72. The molecular formula is C14H16O3.